The zero-order valence-corrected chi connectivity index (χ0v) is 62.4. The molecule has 0 aliphatic heterocycles. The van der Waals surface area contributed by atoms with Crippen LogP contribution in [0.15, 0.2) is 109 Å². The van der Waals surface area contributed by atoms with Gasteiger partial charge < -0.3 is 64.4 Å². The topological polar surface area (TPSA) is 467 Å². The van der Waals surface area contributed by atoms with Crippen molar-refractivity contribution in [2.45, 2.75) is 77.8 Å². The molecule has 0 aromatic heterocycles. The van der Waals surface area contributed by atoms with E-state index in [-0.39, 0.29) is 84.6 Å². The van der Waals surface area contributed by atoms with Crippen LogP contribution in [0.5, 0.6) is 17.2 Å². The Morgan fingerprint density at radius 1 is 0.306 bits per heavy atom. The van der Waals surface area contributed by atoms with E-state index in [1.54, 1.807) is 0 Å². The first-order valence-electron chi connectivity index (χ1n) is 31.0. The molecule has 2 unspecified atom stereocenters. The number of nitrogens with one attached hydrogen (secondary N) is 6. The summed E-state index contributed by atoms with van der Waals surface area (Å²) < 4.78 is 82.1. The van der Waals surface area contributed by atoms with E-state index in [0.29, 0.717) is 88.8 Å². The highest BCUT2D eigenvalue weighted by atomic mass is 32.2. The van der Waals surface area contributed by atoms with Crippen molar-refractivity contribution in [2.24, 2.45) is 17.2 Å². The molecule has 6 aromatic carbocycles. The first-order valence-corrected chi connectivity index (χ1v) is 36.9. The second-order valence-electron chi connectivity index (χ2n) is 22.5. The standard InChI is InChI=1S/3C23H23F2N3O6S2/c3*1-11(29)27-18(21(26)32)9-36-23(34)19(28-12(2)30)10-35-22(33)16-7-13(3-6-20(16)31)15-5-4-14(24)8-17(15)25/h3*3-8,18-19,31H,9-10H2,1-2H3,(H2,26,32)(H,27,29)(H,28,30)/t2*18-,19-;/m10./s1. The van der Waals surface area contributed by atoms with Crippen LogP contribution >= 0.6 is 70.6 Å². The van der Waals surface area contributed by atoms with Gasteiger partial charge >= 0.3 is 0 Å². The van der Waals surface area contributed by atoms with Crippen LogP contribution in [0, 0.1) is 34.9 Å². The molecule has 15 N–H and O–H groups in total. The summed E-state index contributed by atoms with van der Waals surface area (Å²) in [5.41, 5.74) is 15.8. The minimum Gasteiger partial charge on any atom is -0.507 e. The van der Waals surface area contributed by atoms with E-state index in [4.69, 9.17) is 17.2 Å². The predicted molar refractivity (Wildman–Crippen MR) is 396 cm³/mol. The monoisotopic (exact) mass is 1620 g/mol. The number of aromatic hydroxyl groups is 3. The van der Waals surface area contributed by atoms with Gasteiger partial charge in [0.25, 0.3) is 0 Å². The molecule has 6 rings (SSSR count). The highest BCUT2D eigenvalue weighted by Gasteiger charge is 2.30. The van der Waals surface area contributed by atoms with E-state index in [0.717, 1.165) is 18.2 Å². The number of halogens is 6. The Morgan fingerprint density at radius 2 is 0.509 bits per heavy atom. The van der Waals surface area contributed by atoms with Gasteiger partial charge in [-0.05, 0) is 89.5 Å². The fourth-order valence-electron chi connectivity index (χ4n) is 8.84. The number of carbonyl (C=O) groups excluding carboxylic acids is 15. The quantitative estimate of drug-likeness (QED) is 0.0234. The van der Waals surface area contributed by atoms with Crippen LogP contribution in [0.3, 0.4) is 0 Å². The molecule has 0 aliphatic rings. The van der Waals surface area contributed by atoms with E-state index < -0.39 is 172 Å². The summed E-state index contributed by atoms with van der Waals surface area (Å²) in [6.07, 6.45) is 0. The maximum Gasteiger partial charge on any atom is 0.240 e. The van der Waals surface area contributed by atoms with Crippen molar-refractivity contribution in [3.8, 4) is 50.6 Å². The molecule has 0 saturated carbocycles. The minimum absolute atomic E-state index is 0.0151. The van der Waals surface area contributed by atoms with Crippen LogP contribution in [-0.2, 0) is 57.5 Å². The Hall–Kier alpha value is -10.4. The Bertz CT molecular complexity index is 4020. The van der Waals surface area contributed by atoms with Gasteiger partial charge in [0.2, 0.25) is 83.9 Å². The number of amides is 9. The molecule has 0 radical (unpaired) electrons. The molecule has 39 heteroatoms. The van der Waals surface area contributed by atoms with Gasteiger partial charge in [-0.15, -0.1) is 0 Å². The van der Waals surface area contributed by atoms with E-state index in [9.17, 15) is 114 Å². The SMILES string of the molecule is CC(=O)NC(CSC(=O)C(CSC(=O)c1cc(-c2ccc(F)cc2F)ccc1O)NC(C)=O)C(N)=O.CC(=O)N[C@@H](CSC(=O)[C@H](CSC(=O)c1cc(-c2ccc(F)cc2F)ccc1O)NC(C)=O)C(N)=O.CC(=O)N[C@H](CSC(=O)[C@@H](CSC(=O)c1cc(-c2ccc(F)cc2F)ccc1O)NC(C)=O)C(N)=O. The van der Waals surface area contributed by atoms with Crippen LogP contribution in [0.25, 0.3) is 33.4 Å². The summed E-state index contributed by atoms with van der Waals surface area (Å²) in [6.45, 7) is 7.06. The molecule has 9 amide bonds. The molecule has 0 saturated heterocycles. The molecule has 27 nitrogen and oxygen atoms in total. The van der Waals surface area contributed by atoms with Crippen LogP contribution in [-0.4, -0.2) is 170 Å². The zero-order valence-electron chi connectivity index (χ0n) is 57.5. The molecule has 0 bridgehead atoms. The number of phenolic OH excluding ortho intramolecular Hbond substituents is 3. The van der Waals surface area contributed by atoms with Crippen LogP contribution in [0.4, 0.5) is 26.3 Å². The maximum atomic E-state index is 14.2. The molecule has 0 fully saturated rings. The fraction of sp³-hybridized carbons (Fsp3) is 0.261. The number of carbonyl (C=O) groups is 15. The molecular weight excluding hydrogens is 1550 g/mol. The third kappa shape index (κ3) is 29.8. The van der Waals surface area contributed by atoms with Gasteiger partial charge in [0.05, 0.1) is 16.7 Å². The van der Waals surface area contributed by atoms with Crippen molar-refractivity contribution < 1.29 is 114 Å². The van der Waals surface area contributed by atoms with E-state index in [2.05, 4.69) is 31.9 Å². The predicted octanol–water partition coefficient (Wildman–Crippen LogP) is 5.90. The van der Waals surface area contributed by atoms with Crippen molar-refractivity contribution in [3.63, 3.8) is 0 Å². The molecular formula is C69H69F6N9O18S6. The van der Waals surface area contributed by atoms with Crippen LogP contribution in [0.1, 0.15) is 72.6 Å². The second kappa shape index (κ2) is 43.5. The van der Waals surface area contributed by atoms with Crippen molar-refractivity contribution >= 4 is 154 Å². The fourth-order valence-corrected chi connectivity index (χ4v) is 14.5. The number of hydrogen-bond acceptors (Lipinski definition) is 24. The smallest absolute Gasteiger partial charge is 0.240 e. The van der Waals surface area contributed by atoms with Gasteiger partial charge in [0, 0.05) is 111 Å². The van der Waals surface area contributed by atoms with Crippen LogP contribution < -0.4 is 49.1 Å². The van der Waals surface area contributed by atoms with Crippen LogP contribution in [0.2, 0.25) is 0 Å². The first kappa shape index (κ1) is 90.0. The average molecular weight is 1620 g/mol. The van der Waals surface area contributed by atoms with Gasteiger partial charge in [-0.2, -0.15) is 0 Å². The third-order valence-electron chi connectivity index (χ3n) is 13.8. The van der Waals surface area contributed by atoms with E-state index in [1.807, 2.05) is 0 Å². The molecule has 108 heavy (non-hydrogen) atoms. The van der Waals surface area contributed by atoms with E-state index >= 15 is 0 Å². The number of phenols is 3. The number of thioether (sulfide) groups is 6. The normalized spacial score (nSPS) is 12.3. The van der Waals surface area contributed by atoms with Gasteiger partial charge in [0.15, 0.2) is 0 Å². The summed E-state index contributed by atoms with van der Waals surface area (Å²) in [6, 6.07) is 13.4. The Labute approximate surface area is 637 Å². The van der Waals surface area contributed by atoms with Gasteiger partial charge in [-0.25, -0.2) is 26.3 Å². The summed E-state index contributed by atoms with van der Waals surface area (Å²) in [5, 5.41) is 40.8. The lowest BCUT2D eigenvalue weighted by molar-refractivity contribution is -0.125. The number of benzene rings is 6. The zero-order chi connectivity index (χ0) is 81.0. The third-order valence-corrected chi connectivity index (χ3v) is 20.0. The summed E-state index contributed by atoms with van der Waals surface area (Å²) >= 11 is 3.79. The molecule has 6 atom stereocenters. The number of primary amides is 3. The molecule has 0 aliphatic carbocycles. The van der Waals surface area contributed by atoms with Crippen molar-refractivity contribution in [3.05, 3.63) is 161 Å². The van der Waals surface area contributed by atoms with Gasteiger partial charge in [-0.1, -0.05) is 88.8 Å². The highest BCUT2D eigenvalue weighted by Crippen LogP contribution is 2.35. The van der Waals surface area contributed by atoms with E-state index in [1.165, 1.54) is 114 Å². The van der Waals surface area contributed by atoms with Gasteiger partial charge in [-0.3, -0.25) is 71.9 Å². The molecule has 0 heterocycles. The Balaban J connectivity index is 0.000000342. The van der Waals surface area contributed by atoms with Crippen molar-refractivity contribution in [1.29, 1.82) is 0 Å². The van der Waals surface area contributed by atoms with Gasteiger partial charge in [0.1, 0.15) is 88.4 Å². The number of hydrogen-bond donors (Lipinski definition) is 12. The minimum atomic E-state index is -1.15. The lowest BCUT2D eigenvalue weighted by Gasteiger charge is -2.18. The molecule has 6 aromatic rings. The number of nitrogens with two attached hydrogens (primary N) is 3. The van der Waals surface area contributed by atoms with Crippen molar-refractivity contribution in [2.75, 3.05) is 34.5 Å². The largest absolute Gasteiger partial charge is 0.507 e. The highest BCUT2D eigenvalue weighted by molar-refractivity contribution is 8.16. The number of rotatable bonds is 30. The lowest BCUT2D eigenvalue weighted by atomic mass is 10.0. The lowest BCUT2D eigenvalue weighted by Crippen LogP contribution is -2.46. The second-order valence-corrected chi connectivity index (χ2v) is 28.5. The first-order chi connectivity index (χ1) is 50.6. The Kier molecular flexibility index (Phi) is 36.2. The summed E-state index contributed by atoms with van der Waals surface area (Å²) in [5.74, 6) is -13.0. The Morgan fingerprint density at radius 3 is 0.704 bits per heavy atom. The molecule has 0 spiro atoms. The maximum absolute atomic E-state index is 14.2. The average Bonchev–Trinajstić information content (AvgIpc) is 0.816. The summed E-state index contributed by atoms with van der Waals surface area (Å²) in [4.78, 5) is 179. The summed E-state index contributed by atoms with van der Waals surface area (Å²) in [7, 11) is 0. The van der Waals surface area contributed by atoms with Crippen molar-refractivity contribution in [1.82, 2.24) is 31.9 Å². The molecule has 576 valence electrons.